The first-order chi connectivity index (χ1) is 14.8. The molecule has 4 bridgehead atoms. The van der Waals surface area contributed by atoms with Crippen molar-refractivity contribution in [2.24, 2.45) is 11.8 Å². The van der Waals surface area contributed by atoms with Crippen LogP contribution in [0.5, 0.6) is 0 Å². The van der Waals surface area contributed by atoms with Gasteiger partial charge in [-0.25, -0.2) is 0 Å². The van der Waals surface area contributed by atoms with Crippen molar-refractivity contribution in [2.45, 2.75) is 70.0 Å². The number of para-hydroxylation sites is 1. The fraction of sp³-hybridized carbons (Fsp3) is 0.600. The van der Waals surface area contributed by atoms with Crippen molar-refractivity contribution in [2.75, 3.05) is 13.7 Å². The Balaban J connectivity index is 1.33. The normalized spacial score (nSPS) is 35.1. The molecule has 5 unspecified atom stereocenters. The van der Waals surface area contributed by atoms with E-state index in [1.807, 2.05) is 0 Å². The third kappa shape index (κ3) is 3.74. The summed E-state index contributed by atoms with van der Waals surface area (Å²) in [5.74, 6) is -0.496. The molecular weight excluding hydrogens is 392 g/mol. The van der Waals surface area contributed by atoms with E-state index in [1.165, 1.54) is 16.5 Å². The zero-order valence-corrected chi connectivity index (χ0v) is 18.9. The highest BCUT2D eigenvalue weighted by Gasteiger charge is 2.65. The maximum Gasteiger partial charge on any atom is 0.186 e. The van der Waals surface area contributed by atoms with Crippen LogP contribution in [0.15, 0.2) is 42.6 Å². The van der Waals surface area contributed by atoms with Gasteiger partial charge in [-0.15, -0.1) is 0 Å². The molecule has 1 aliphatic carbocycles. The van der Waals surface area contributed by atoms with Gasteiger partial charge < -0.3 is 29.2 Å². The molecule has 1 aromatic carbocycles. The Morgan fingerprint density at radius 1 is 1.29 bits per heavy atom. The minimum Gasteiger partial charge on any atom is -0.361 e. The summed E-state index contributed by atoms with van der Waals surface area (Å²) in [5, 5.41) is 5.08. The number of benzene rings is 1. The number of nitrogens with one attached hydrogen (secondary N) is 2. The molecule has 2 N–H and O–H groups in total. The Kier molecular flexibility index (Phi) is 5.26. The van der Waals surface area contributed by atoms with Gasteiger partial charge in [-0.05, 0) is 63.3 Å². The smallest absolute Gasteiger partial charge is 0.186 e. The number of methoxy groups -OCH3 is 1. The molecule has 4 heterocycles. The van der Waals surface area contributed by atoms with Crippen molar-refractivity contribution in [3.05, 3.63) is 48.2 Å². The quantitative estimate of drug-likeness (QED) is 0.681. The number of H-pyrrole nitrogens is 1. The standard InChI is InChI=1S/C25H34N2O4/c1-15-19-12-17(26-11-10-16-14-27-20-9-7-6-8-18(16)20)13-25(31-24(2,3)4)21(19)23(28-5)29-22(15)30-25/h6-9,14,17,19,21-23,26-27H,1,10-13H2,2-5H3/t17?,19?,21?,22?,23-,25?/m1/s1. The molecule has 6 rings (SSSR count). The number of aromatic nitrogens is 1. The van der Waals surface area contributed by atoms with Gasteiger partial charge in [-0.2, -0.15) is 0 Å². The minimum atomic E-state index is -0.732. The first-order valence-corrected chi connectivity index (χ1v) is 11.3. The van der Waals surface area contributed by atoms with Crippen LogP contribution >= 0.6 is 0 Å². The van der Waals surface area contributed by atoms with Crippen molar-refractivity contribution in [3.8, 4) is 0 Å². The number of aromatic amines is 1. The summed E-state index contributed by atoms with van der Waals surface area (Å²) in [5.41, 5.74) is 3.20. The van der Waals surface area contributed by atoms with Crippen LogP contribution < -0.4 is 5.32 Å². The van der Waals surface area contributed by atoms with Gasteiger partial charge in [0, 0.05) is 36.7 Å². The molecule has 0 radical (unpaired) electrons. The number of hydrogen-bond donors (Lipinski definition) is 2. The van der Waals surface area contributed by atoms with Gasteiger partial charge in [-0.3, -0.25) is 0 Å². The maximum absolute atomic E-state index is 6.62. The molecule has 4 fully saturated rings. The molecule has 4 aliphatic rings. The average molecular weight is 427 g/mol. The average Bonchev–Trinajstić information content (AvgIpc) is 3.12. The lowest BCUT2D eigenvalue weighted by molar-refractivity contribution is -0.461. The topological polar surface area (TPSA) is 64.7 Å². The molecule has 31 heavy (non-hydrogen) atoms. The number of rotatable bonds is 6. The zero-order chi connectivity index (χ0) is 21.8. The molecule has 6 nitrogen and oxygen atoms in total. The van der Waals surface area contributed by atoms with Gasteiger partial charge in [0.1, 0.15) is 0 Å². The molecule has 0 spiro atoms. The van der Waals surface area contributed by atoms with Crippen LogP contribution in [0.1, 0.15) is 39.2 Å². The summed E-state index contributed by atoms with van der Waals surface area (Å²) < 4.78 is 24.7. The molecule has 1 aromatic heterocycles. The highest BCUT2D eigenvalue weighted by Crippen LogP contribution is 2.57. The highest BCUT2D eigenvalue weighted by molar-refractivity contribution is 5.83. The van der Waals surface area contributed by atoms with Gasteiger partial charge in [0.05, 0.1) is 11.5 Å². The summed E-state index contributed by atoms with van der Waals surface area (Å²) in [6.07, 6.45) is 4.06. The molecule has 1 saturated carbocycles. The van der Waals surface area contributed by atoms with Crippen molar-refractivity contribution >= 4 is 10.9 Å². The van der Waals surface area contributed by atoms with E-state index in [-0.39, 0.29) is 29.8 Å². The fourth-order valence-electron chi connectivity index (χ4n) is 5.74. The van der Waals surface area contributed by atoms with E-state index < -0.39 is 12.1 Å². The van der Waals surface area contributed by atoms with Gasteiger partial charge >= 0.3 is 0 Å². The van der Waals surface area contributed by atoms with E-state index >= 15 is 0 Å². The molecular formula is C25H34N2O4. The van der Waals surface area contributed by atoms with E-state index in [1.54, 1.807) is 7.11 Å². The van der Waals surface area contributed by atoms with Crippen molar-refractivity contribution < 1.29 is 18.9 Å². The second kappa shape index (κ2) is 7.71. The number of hydrogen-bond acceptors (Lipinski definition) is 5. The Morgan fingerprint density at radius 2 is 2.10 bits per heavy atom. The molecule has 6 heteroatoms. The first-order valence-electron chi connectivity index (χ1n) is 11.3. The zero-order valence-electron chi connectivity index (χ0n) is 18.9. The Morgan fingerprint density at radius 3 is 2.87 bits per heavy atom. The first kappa shape index (κ1) is 21.2. The van der Waals surface area contributed by atoms with Gasteiger partial charge in [0.15, 0.2) is 18.4 Å². The number of ether oxygens (including phenoxy) is 4. The SMILES string of the molecule is C=C1C2O[C@@H](OC)C3C1CC(NCCc1c[nH]c4ccccc14)CC3(OC(C)(C)C)O2. The summed E-state index contributed by atoms with van der Waals surface area (Å²) in [6.45, 7) is 11.4. The monoisotopic (exact) mass is 426 g/mol. The molecule has 6 atom stereocenters. The van der Waals surface area contributed by atoms with E-state index in [0.29, 0.717) is 0 Å². The van der Waals surface area contributed by atoms with Gasteiger partial charge in [0.25, 0.3) is 0 Å². The minimum absolute atomic E-state index is 0.0131. The molecule has 3 saturated heterocycles. The van der Waals surface area contributed by atoms with Crippen LogP contribution in [0.4, 0.5) is 0 Å². The lowest BCUT2D eigenvalue weighted by Crippen LogP contribution is -2.70. The lowest BCUT2D eigenvalue weighted by Gasteiger charge is -2.62. The maximum atomic E-state index is 6.62. The molecule has 3 aliphatic heterocycles. The molecule has 0 amide bonds. The summed E-state index contributed by atoms with van der Waals surface area (Å²) >= 11 is 0. The highest BCUT2D eigenvalue weighted by atomic mass is 16.8. The van der Waals surface area contributed by atoms with Gasteiger partial charge in [-0.1, -0.05) is 24.8 Å². The van der Waals surface area contributed by atoms with E-state index in [4.69, 9.17) is 18.9 Å². The predicted octanol–water partition coefficient (Wildman–Crippen LogP) is 4.12. The largest absolute Gasteiger partial charge is 0.361 e. The second-order valence-corrected chi connectivity index (χ2v) is 10.1. The van der Waals surface area contributed by atoms with Crippen molar-refractivity contribution in [1.29, 1.82) is 0 Å². The lowest BCUT2D eigenvalue weighted by atomic mass is 9.65. The number of fused-ring (bicyclic) bond motifs is 2. The predicted molar refractivity (Wildman–Crippen MR) is 119 cm³/mol. The van der Waals surface area contributed by atoms with Crippen LogP contribution in [0.25, 0.3) is 10.9 Å². The van der Waals surface area contributed by atoms with Crippen LogP contribution in [0, 0.1) is 11.8 Å². The molecule has 168 valence electrons. The van der Waals surface area contributed by atoms with Gasteiger partial charge in [0.2, 0.25) is 0 Å². The van der Waals surface area contributed by atoms with Crippen molar-refractivity contribution in [1.82, 2.24) is 10.3 Å². The Hall–Kier alpha value is -1.70. The van der Waals surface area contributed by atoms with Crippen molar-refractivity contribution in [3.63, 3.8) is 0 Å². The Bertz CT molecular complexity index is 964. The third-order valence-electron chi connectivity index (χ3n) is 6.86. The second-order valence-electron chi connectivity index (χ2n) is 10.1. The van der Waals surface area contributed by atoms with E-state index in [9.17, 15) is 0 Å². The van der Waals surface area contributed by atoms with Crippen LogP contribution in [-0.4, -0.2) is 48.6 Å². The fourth-order valence-corrected chi connectivity index (χ4v) is 5.74. The van der Waals surface area contributed by atoms with E-state index in [2.05, 4.69) is 68.1 Å². The summed E-state index contributed by atoms with van der Waals surface area (Å²) in [6, 6.07) is 8.73. The van der Waals surface area contributed by atoms with Crippen LogP contribution in [0.3, 0.4) is 0 Å². The summed E-state index contributed by atoms with van der Waals surface area (Å²) in [7, 11) is 1.70. The van der Waals surface area contributed by atoms with E-state index in [0.717, 1.165) is 31.4 Å². The van der Waals surface area contributed by atoms with Crippen LogP contribution in [-0.2, 0) is 25.4 Å². The third-order valence-corrected chi connectivity index (χ3v) is 6.86. The van der Waals surface area contributed by atoms with Crippen LogP contribution in [0.2, 0.25) is 0 Å². The Labute approximate surface area is 184 Å². The molecule has 2 aromatic rings. The summed E-state index contributed by atoms with van der Waals surface area (Å²) in [4.78, 5) is 3.37.